The van der Waals surface area contributed by atoms with Gasteiger partial charge in [-0.1, -0.05) is 0 Å². The third-order valence-corrected chi connectivity index (χ3v) is 3.66. The number of carboxylic acid groups (broad SMARTS) is 1. The average Bonchev–Trinajstić information content (AvgIpc) is 2.88. The predicted octanol–water partition coefficient (Wildman–Crippen LogP) is 0.256. The molecular formula is C12H19NO5. The summed E-state index contributed by atoms with van der Waals surface area (Å²) in [7, 11) is 1.68. The number of hydrogen-bond donors (Lipinski definition) is 1. The topological polar surface area (TPSA) is 76.1 Å². The third kappa shape index (κ3) is 2.81. The van der Waals surface area contributed by atoms with Crippen LogP contribution < -0.4 is 0 Å². The number of nitrogens with zero attached hydrogens (tertiary/aromatic N) is 1. The van der Waals surface area contributed by atoms with Crippen molar-refractivity contribution in [1.29, 1.82) is 0 Å². The van der Waals surface area contributed by atoms with Crippen LogP contribution in [0.15, 0.2) is 0 Å². The lowest BCUT2D eigenvalue weighted by Gasteiger charge is -2.32. The molecule has 2 aliphatic heterocycles. The monoisotopic (exact) mass is 257 g/mol. The molecule has 0 bridgehead atoms. The number of carbonyl (C=O) groups excluding carboxylic acids is 1. The number of likely N-dealkylation sites (tertiary alicyclic amines) is 1. The summed E-state index contributed by atoms with van der Waals surface area (Å²) in [6.07, 6.45) is 1.40. The van der Waals surface area contributed by atoms with E-state index in [9.17, 15) is 9.59 Å². The van der Waals surface area contributed by atoms with Crippen LogP contribution in [0.25, 0.3) is 0 Å². The fourth-order valence-corrected chi connectivity index (χ4v) is 2.52. The first-order valence-electron chi connectivity index (χ1n) is 6.31. The molecule has 0 spiro atoms. The van der Waals surface area contributed by atoms with Gasteiger partial charge in [0.1, 0.15) is 6.10 Å². The molecule has 2 fully saturated rings. The zero-order valence-corrected chi connectivity index (χ0v) is 10.5. The molecule has 0 aromatic heterocycles. The van der Waals surface area contributed by atoms with E-state index in [0.717, 1.165) is 12.8 Å². The van der Waals surface area contributed by atoms with Gasteiger partial charge in [0.25, 0.3) is 5.91 Å². The number of ether oxygens (including phenoxy) is 2. The molecule has 2 rings (SSSR count). The molecule has 0 aromatic rings. The van der Waals surface area contributed by atoms with E-state index >= 15 is 0 Å². The Bertz CT molecular complexity index is 324. The zero-order chi connectivity index (χ0) is 13.1. The van der Waals surface area contributed by atoms with Gasteiger partial charge < -0.3 is 19.5 Å². The second kappa shape index (κ2) is 5.67. The average molecular weight is 257 g/mol. The summed E-state index contributed by atoms with van der Waals surface area (Å²) in [6.45, 7) is 1.32. The van der Waals surface area contributed by atoms with Crippen molar-refractivity contribution in [2.75, 3.05) is 20.2 Å². The molecule has 6 nitrogen and oxygen atoms in total. The minimum Gasteiger partial charge on any atom is -0.479 e. The number of aliphatic carboxylic acids is 1. The predicted molar refractivity (Wildman–Crippen MR) is 62.1 cm³/mol. The third-order valence-electron chi connectivity index (χ3n) is 3.66. The van der Waals surface area contributed by atoms with Crippen LogP contribution in [0.4, 0.5) is 0 Å². The number of methoxy groups -OCH3 is 1. The fraction of sp³-hybridized carbons (Fsp3) is 0.833. The van der Waals surface area contributed by atoms with Crippen molar-refractivity contribution >= 4 is 11.9 Å². The van der Waals surface area contributed by atoms with Crippen molar-refractivity contribution in [3.8, 4) is 0 Å². The minimum atomic E-state index is -0.983. The molecule has 6 heteroatoms. The van der Waals surface area contributed by atoms with Crippen molar-refractivity contribution in [2.24, 2.45) is 0 Å². The summed E-state index contributed by atoms with van der Waals surface area (Å²) in [4.78, 5) is 24.6. The molecule has 1 amide bonds. The van der Waals surface area contributed by atoms with Gasteiger partial charge in [-0.25, -0.2) is 4.79 Å². The van der Waals surface area contributed by atoms with E-state index in [2.05, 4.69) is 0 Å². The number of carboxylic acids is 1. The van der Waals surface area contributed by atoms with E-state index in [1.165, 1.54) is 0 Å². The molecule has 18 heavy (non-hydrogen) atoms. The smallest absolute Gasteiger partial charge is 0.332 e. The van der Waals surface area contributed by atoms with Crippen molar-refractivity contribution in [3.63, 3.8) is 0 Å². The summed E-state index contributed by atoms with van der Waals surface area (Å²) < 4.78 is 10.5. The van der Waals surface area contributed by atoms with Gasteiger partial charge in [-0.2, -0.15) is 0 Å². The van der Waals surface area contributed by atoms with Gasteiger partial charge in [-0.15, -0.1) is 0 Å². The lowest BCUT2D eigenvalue weighted by molar-refractivity contribution is -0.155. The maximum atomic E-state index is 12.1. The van der Waals surface area contributed by atoms with E-state index in [1.54, 1.807) is 12.0 Å². The standard InChI is InChI=1S/C12H19NO5/c1-17-8-4-6-13(7-5-8)11(14)9-2-3-10(18-9)12(15)16/h8-10H,2-7H2,1H3,(H,15,16)/t9-,10+/m0/s1. The highest BCUT2D eigenvalue weighted by molar-refractivity contribution is 5.82. The van der Waals surface area contributed by atoms with Crippen LogP contribution in [0.3, 0.4) is 0 Å². The van der Waals surface area contributed by atoms with E-state index < -0.39 is 18.2 Å². The highest BCUT2D eigenvalue weighted by Gasteiger charge is 2.37. The Balaban J connectivity index is 1.84. The molecule has 2 atom stereocenters. The normalized spacial score (nSPS) is 29.5. The summed E-state index contributed by atoms with van der Waals surface area (Å²) in [5.41, 5.74) is 0. The molecule has 0 aromatic carbocycles. The number of amides is 1. The first kappa shape index (κ1) is 13.3. The van der Waals surface area contributed by atoms with Crippen LogP contribution in [0.1, 0.15) is 25.7 Å². The molecule has 2 aliphatic rings. The molecule has 2 saturated heterocycles. The summed E-state index contributed by atoms with van der Waals surface area (Å²) in [5, 5.41) is 8.82. The van der Waals surface area contributed by atoms with E-state index in [-0.39, 0.29) is 12.0 Å². The van der Waals surface area contributed by atoms with Crippen molar-refractivity contribution in [3.05, 3.63) is 0 Å². The fourth-order valence-electron chi connectivity index (χ4n) is 2.52. The highest BCUT2D eigenvalue weighted by Crippen LogP contribution is 2.23. The Labute approximate surface area is 106 Å². The number of piperidine rings is 1. The first-order valence-corrected chi connectivity index (χ1v) is 6.31. The van der Waals surface area contributed by atoms with Gasteiger partial charge in [0.2, 0.25) is 0 Å². The summed E-state index contributed by atoms with van der Waals surface area (Å²) in [5.74, 6) is -1.06. The van der Waals surface area contributed by atoms with Crippen molar-refractivity contribution in [2.45, 2.75) is 44.0 Å². The maximum Gasteiger partial charge on any atom is 0.332 e. The SMILES string of the molecule is COC1CCN(C(=O)[C@@H]2CC[C@H](C(=O)O)O2)CC1. The zero-order valence-electron chi connectivity index (χ0n) is 10.5. The Morgan fingerprint density at radius 2 is 1.78 bits per heavy atom. The molecule has 0 radical (unpaired) electrons. The molecule has 2 heterocycles. The Morgan fingerprint density at radius 1 is 1.17 bits per heavy atom. The van der Waals surface area contributed by atoms with Crippen molar-refractivity contribution < 1.29 is 24.2 Å². The van der Waals surface area contributed by atoms with E-state index in [1.807, 2.05) is 0 Å². The highest BCUT2D eigenvalue weighted by atomic mass is 16.5. The number of hydrogen-bond acceptors (Lipinski definition) is 4. The van der Waals surface area contributed by atoms with Gasteiger partial charge >= 0.3 is 5.97 Å². The summed E-state index contributed by atoms with van der Waals surface area (Å²) in [6, 6.07) is 0. The van der Waals surface area contributed by atoms with E-state index in [4.69, 9.17) is 14.6 Å². The van der Waals surface area contributed by atoms with E-state index in [0.29, 0.717) is 25.9 Å². The first-order chi connectivity index (χ1) is 8.61. The minimum absolute atomic E-state index is 0.0756. The van der Waals surface area contributed by atoms with Crippen LogP contribution in [-0.2, 0) is 19.1 Å². The number of carbonyl (C=O) groups is 2. The molecule has 102 valence electrons. The Kier molecular flexibility index (Phi) is 4.19. The largest absolute Gasteiger partial charge is 0.479 e. The second-order valence-corrected chi connectivity index (χ2v) is 4.79. The van der Waals surface area contributed by atoms with Gasteiger partial charge in [0.15, 0.2) is 6.10 Å². The molecular weight excluding hydrogens is 238 g/mol. The van der Waals surface area contributed by atoms with Crippen molar-refractivity contribution in [1.82, 2.24) is 4.90 Å². The Morgan fingerprint density at radius 3 is 2.28 bits per heavy atom. The van der Waals surface area contributed by atoms with Gasteiger partial charge in [0.05, 0.1) is 6.10 Å². The van der Waals surface area contributed by atoms with Crippen LogP contribution in [0.2, 0.25) is 0 Å². The maximum absolute atomic E-state index is 12.1. The van der Waals surface area contributed by atoms with Crippen LogP contribution in [-0.4, -0.2) is 60.4 Å². The number of rotatable bonds is 3. The van der Waals surface area contributed by atoms with Gasteiger partial charge in [-0.05, 0) is 25.7 Å². The summed E-state index contributed by atoms with van der Waals surface area (Å²) >= 11 is 0. The Hall–Kier alpha value is -1.14. The van der Waals surface area contributed by atoms with Gasteiger partial charge in [0, 0.05) is 20.2 Å². The lowest BCUT2D eigenvalue weighted by atomic mass is 10.1. The second-order valence-electron chi connectivity index (χ2n) is 4.79. The lowest BCUT2D eigenvalue weighted by Crippen LogP contribution is -2.45. The van der Waals surface area contributed by atoms with Gasteiger partial charge in [-0.3, -0.25) is 4.79 Å². The van der Waals surface area contributed by atoms with Crippen LogP contribution >= 0.6 is 0 Å². The quantitative estimate of drug-likeness (QED) is 0.784. The molecule has 0 aliphatic carbocycles. The molecule has 0 unspecified atom stereocenters. The van der Waals surface area contributed by atoms with Crippen LogP contribution in [0, 0.1) is 0 Å². The van der Waals surface area contributed by atoms with Crippen LogP contribution in [0.5, 0.6) is 0 Å². The molecule has 0 saturated carbocycles. The molecule has 1 N–H and O–H groups in total.